The van der Waals surface area contributed by atoms with Crippen LogP contribution in [0.25, 0.3) is 0 Å². The van der Waals surface area contributed by atoms with E-state index in [-0.39, 0.29) is 0 Å². The maximum atomic E-state index is 2.68. The molecule has 2 atom stereocenters. The molecule has 1 aromatic carbocycles. The van der Waals surface area contributed by atoms with Crippen LogP contribution in [0.3, 0.4) is 0 Å². The lowest BCUT2D eigenvalue weighted by atomic mass is 10.0. The first kappa shape index (κ1) is 12.5. The van der Waals surface area contributed by atoms with E-state index in [1.807, 2.05) is 13.8 Å². The second kappa shape index (κ2) is 5.57. The van der Waals surface area contributed by atoms with Gasteiger partial charge < -0.3 is 4.90 Å². The number of rotatable bonds is 1. The summed E-state index contributed by atoms with van der Waals surface area (Å²) in [5, 5.41) is 0. The highest BCUT2D eigenvalue weighted by molar-refractivity contribution is 5.51. The van der Waals surface area contributed by atoms with Crippen molar-refractivity contribution in [1.29, 1.82) is 0 Å². The third-order valence-corrected chi connectivity index (χ3v) is 4.03. The van der Waals surface area contributed by atoms with Crippen LogP contribution < -0.4 is 4.90 Å². The van der Waals surface area contributed by atoms with Crippen molar-refractivity contribution in [2.45, 2.75) is 65.0 Å². The molecule has 0 aromatic heterocycles. The Balaban J connectivity index is 0.000000514. The van der Waals surface area contributed by atoms with Gasteiger partial charge in [0.25, 0.3) is 0 Å². The Kier molecular flexibility index (Phi) is 4.09. The predicted molar refractivity (Wildman–Crippen MR) is 75.7 cm³/mol. The minimum absolute atomic E-state index is 0.839. The molecule has 2 saturated heterocycles. The topological polar surface area (TPSA) is 3.24 Å². The van der Waals surface area contributed by atoms with Crippen LogP contribution in [0.4, 0.5) is 5.69 Å². The Morgan fingerprint density at radius 2 is 1.41 bits per heavy atom. The first-order valence-electron chi connectivity index (χ1n) is 7.19. The lowest BCUT2D eigenvalue weighted by Gasteiger charge is -2.36. The van der Waals surface area contributed by atoms with Crippen molar-refractivity contribution < 1.29 is 0 Å². The van der Waals surface area contributed by atoms with Gasteiger partial charge in [-0.05, 0) is 51.2 Å². The van der Waals surface area contributed by atoms with Gasteiger partial charge in [-0.15, -0.1) is 0 Å². The number of piperidine rings is 1. The Morgan fingerprint density at radius 3 is 1.94 bits per heavy atom. The number of nitrogens with zero attached hydrogens (tertiary/aromatic N) is 1. The van der Waals surface area contributed by atoms with Crippen LogP contribution in [0.15, 0.2) is 24.3 Å². The molecule has 0 aliphatic carbocycles. The molecular weight excluding hydrogens is 206 g/mol. The van der Waals surface area contributed by atoms with Gasteiger partial charge in [-0.1, -0.05) is 31.5 Å². The standard InChI is InChI=1S/C14H19N.C2H6/c1-11-5-7-14(8-6-11)15-12-3-2-4-13(15)10-9-12;1-2/h5-8,12-13H,2-4,9-10H2,1H3;1-2H3. The van der Waals surface area contributed by atoms with Crippen molar-refractivity contribution in [3.05, 3.63) is 29.8 Å². The zero-order chi connectivity index (χ0) is 12.3. The Hall–Kier alpha value is -0.980. The van der Waals surface area contributed by atoms with Gasteiger partial charge >= 0.3 is 0 Å². The van der Waals surface area contributed by atoms with Gasteiger partial charge in [-0.3, -0.25) is 0 Å². The average Bonchev–Trinajstić information content (AvgIpc) is 2.63. The highest BCUT2D eigenvalue weighted by atomic mass is 15.2. The van der Waals surface area contributed by atoms with Gasteiger partial charge in [0.1, 0.15) is 0 Å². The van der Waals surface area contributed by atoms with Gasteiger partial charge in [0.15, 0.2) is 0 Å². The SMILES string of the molecule is CC.Cc1ccc(N2C3CCCC2CC3)cc1. The Bertz CT molecular complexity index is 325. The van der Waals surface area contributed by atoms with Crippen molar-refractivity contribution in [1.82, 2.24) is 0 Å². The maximum absolute atomic E-state index is 2.68. The van der Waals surface area contributed by atoms with E-state index in [0.717, 1.165) is 12.1 Å². The highest BCUT2D eigenvalue weighted by Crippen LogP contribution is 2.38. The maximum Gasteiger partial charge on any atom is 0.0371 e. The zero-order valence-electron chi connectivity index (χ0n) is 11.4. The Labute approximate surface area is 106 Å². The summed E-state index contributed by atoms with van der Waals surface area (Å²) in [5.41, 5.74) is 2.82. The fourth-order valence-corrected chi connectivity index (χ4v) is 3.26. The zero-order valence-corrected chi connectivity index (χ0v) is 11.4. The summed E-state index contributed by atoms with van der Waals surface area (Å²) in [7, 11) is 0. The molecule has 1 heteroatoms. The molecule has 1 aromatic rings. The number of hydrogen-bond acceptors (Lipinski definition) is 1. The lowest BCUT2D eigenvalue weighted by molar-refractivity contribution is 0.468. The van der Waals surface area contributed by atoms with Gasteiger partial charge in [0, 0.05) is 17.8 Å². The monoisotopic (exact) mass is 231 g/mol. The minimum Gasteiger partial charge on any atom is -0.366 e. The van der Waals surface area contributed by atoms with Gasteiger partial charge in [0.2, 0.25) is 0 Å². The number of anilines is 1. The van der Waals surface area contributed by atoms with Crippen molar-refractivity contribution in [3.8, 4) is 0 Å². The summed E-state index contributed by atoms with van der Waals surface area (Å²) in [6, 6.07) is 10.8. The van der Waals surface area contributed by atoms with Crippen LogP contribution in [0.1, 0.15) is 51.5 Å². The lowest BCUT2D eigenvalue weighted by Crippen LogP contribution is -2.39. The largest absolute Gasteiger partial charge is 0.366 e. The van der Waals surface area contributed by atoms with E-state index in [0.29, 0.717) is 0 Å². The molecule has 0 N–H and O–H groups in total. The average molecular weight is 231 g/mol. The molecule has 3 rings (SSSR count). The van der Waals surface area contributed by atoms with E-state index in [4.69, 9.17) is 0 Å². The summed E-state index contributed by atoms with van der Waals surface area (Å²) in [4.78, 5) is 2.68. The molecule has 1 nitrogen and oxygen atoms in total. The molecule has 0 spiro atoms. The second-order valence-corrected chi connectivity index (χ2v) is 5.06. The summed E-state index contributed by atoms with van der Waals surface area (Å²) in [6.07, 6.45) is 7.09. The molecule has 2 aliphatic rings. The molecule has 17 heavy (non-hydrogen) atoms. The van der Waals surface area contributed by atoms with Crippen molar-refractivity contribution in [2.24, 2.45) is 0 Å². The number of aryl methyl sites for hydroxylation is 1. The van der Waals surface area contributed by atoms with Gasteiger partial charge in [-0.25, -0.2) is 0 Å². The highest BCUT2D eigenvalue weighted by Gasteiger charge is 2.36. The summed E-state index contributed by atoms with van der Waals surface area (Å²) in [6.45, 7) is 6.16. The quantitative estimate of drug-likeness (QED) is 0.685. The van der Waals surface area contributed by atoms with Gasteiger partial charge in [0.05, 0.1) is 0 Å². The second-order valence-electron chi connectivity index (χ2n) is 5.06. The van der Waals surface area contributed by atoms with Crippen LogP contribution in [0, 0.1) is 6.92 Å². The molecule has 2 unspecified atom stereocenters. The van der Waals surface area contributed by atoms with Crippen LogP contribution >= 0.6 is 0 Å². The van der Waals surface area contributed by atoms with E-state index >= 15 is 0 Å². The molecular formula is C16H25N. The van der Waals surface area contributed by atoms with E-state index in [1.165, 1.54) is 43.4 Å². The molecule has 0 amide bonds. The van der Waals surface area contributed by atoms with Crippen LogP contribution in [-0.4, -0.2) is 12.1 Å². The van der Waals surface area contributed by atoms with E-state index in [1.54, 1.807) is 0 Å². The van der Waals surface area contributed by atoms with Crippen LogP contribution in [0.2, 0.25) is 0 Å². The third kappa shape index (κ3) is 2.48. The van der Waals surface area contributed by atoms with Crippen molar-refractivity contribution in [3.63, 3.8) is 0 Å². The molecule has 0 saturated carbocycles. The molecule has 2 fully saturated rings. The summed E-state index contributed by atoms with van der Waals surface area (Å²) in [5.74, 6) is 0. The first-order chi connectivity index (χ1) is 8.34. The normalized spacial score (nSPS) is 26.4. The van der Waals surface area contributed by atoms with Crippen molar-refractivity contribution in [2.75, 3.05) is 4.90 Å². The summed E-state index contributed by atoms with van der Waals surface area (Å²) < 4.78 is 0. The van der Waals surface area contributed by atoms with Crippen LogP contribution in [0.5, 0.6) is 0 Å². The first-order valence-corrected chi connectivity index (χ1v) is 7.19. The number of benzene rings is 1. The molecule has 94 valence electrons. The molecule has 2 aliphatic heterocycles. The van der Waals surface area contributed by atoms with E-state index in [9.17, 15) is 0 Å². The smallest absolute Gasteiger partial charge is 0.0371 e. The fourth-order valence-electron chi connectivity index (χ4n) is 3.26. The third-order valence-electron chi connectivity index (χ3n) is 4.03. The number of fused-ring (bicyclic) bond motifs is 2. The molecule has 2 bridgehead atoms. The Morgan fingerprint density at radius 1 is 0.882 bits per heavy atom. The van der Waals surface area contributed by atoms with Crippen LogP contribution in [-0.2, 0) is 0 Å². The van der Waals surface area contributed by atoms with Gasteiger partial charge in [-0.2, -0.15) is 0 Å². The fraction of sp³-hybridized carbons (Fsp3) is 0.625. The van der Waals surface area contributed by atoms with Crippen molar-refractivity contribution >= 4 is 5.69 Å². The number of hydrogen-bond donors (Lipinski definition) is 0. The van der Waals surface area contributed by atoms with E-state index in [2.05, 4.69) is 36.1 Å². The molecule has 2 heterocycles. The minimum atomic E-state index is 0.839. The molecule has 0 radical (unpaired) electrons. The van der Waals surface area contributed by atoms with E-state index < -0.39 is 0 Å². The summed E-state index contributed by atoms with van der Waals surface area (Å²) >= 11 is 0. The predicted octanol–water partition coefficient (Wildman–Crippen LogP) is 4.54.